The first-order valence-electron chi connectivity index (χ1n) is 8.34. The van der Waals surface area contributed by atoms with Gasteiger partial charge in [-0.15, -0.1) is 0 Å². The Bertz CT molecular complexity index is 380. The van der Waals surface area contributed by atoms with E-state index >= 15 is 0 Å². The zero-order valence-electron chi connectivity index (χ0n) is 15.9. The molecule has 0 N–H and O–H groups in total. The molecule has 8 heteroatoms. The van der Waals surface area contributed by atoms with Crippen LogP contribution in [0.5, 0.6) is 0 Å². The first kappa shape index (κ1) is 21.5. The number of carbonyl (C=O) groups is 1. The molecular weight excluding hydrogens is 332 g/mol. The Kier molecular flexibility index (Phi) is 8.82. The number of rotatable bonds is 9. The number of ether oxygens (including phenoxy) is 3. The average Bonchev–Trinajstić information content (AvgIpc) is 2.57. The lowest BCUT2D eigenvalue weighted by atomic mass is 9.83. The summed E-state index contributed by atoms with van der Waals surface area (Å²) in [6.45, 7) is 5.34. The lowest BCUT2D eigenvalue weighted by Crippen LogP contribution is -2.51. The number of methoxy groups -OCH3 is 1. The zero-order valence-corrected chi connectivity index (χ0v) is 16.9. The molecule has 0 saturated heterocycles. The SMILES string of the molecule is COC(C)OC1CC(C(C)[Si](OC)(OC)OC)CCC1OC(C)=O. The van der Waals surface area contributed by atoms with Crippen molar-refractivity contribution in [3.05, 3.63) is 0 Å². The van der Waals surface area contributed by atoms with E-state index in [1.165, 1.54) is 6.92 Å². The van der Waals surface area contributed by atoms with Crippen LogP contribution in [0, 0.1) is 5.92 Å². The van der Waals surface area contributed by atoms with Gasteiger partial charge in [-0.2, -0.15) is 0 Å². The Morgan fingerprint density at radius 1 is 1.00 bits per heavy atom. The topological polar surface area (TPSA) is 72.5 Å². The van der Waals surface area contributed by atoms with E-state index in [0.29, 0.717) is 0 Å². The van der Waals surface area contributed by atoms with E-state index < -0.39 is 8.80 Å². The molecule has 142 valence electrons. The standard InChI is InChI=1S/C16H32O7Si/c1-11(24(19-5,20-6)21-7)14-8-9-15(22-12(2)17)16(10-14)23-13(3)18-4/h11,13-16H,8-10H2,1-7H3. The monoisotopic (exact) mass is 364 g/mol. The quantitative estimate of drug-likeness (QED) is 0.353. The molecule has 0 heterocycles. The average molecular weight is 365 g/mol. The van der Waals surface area contributed by atoms with E-state index in [9.17, 15) is 4.79 Å². The van der Waals surface area contributed by atoms with Crippen molar-refractivity contribution in [3.8, 4) is 0 Å². The smallest absolute Gasteiger partial charge is 0.460 e. The Morgan fingerprint density at radius 3 is 2.04 bits per heavy atom. The summed E-state index contributed by atoms with van der Waals surface area (Å²) in [5, 5.41) is 0. The normalized spacial score (nSPS) is 27.5. The van der Waals surface area contributed by atoms with Gasteiger partial charge in [0.05, 0.1) is 6.10 Å². The number of hydrogen-bond acceptors (Lipinski definition) is 7. The highest BCUT2D eigenvalue weighted by molar-refractivity contribution is 6.62. The summed E-state index contributed by atoms with van der Waals surface area (Å²) < 4.78 is 33.5. The van der Waals surface area contributed by atoms with E-state index in [-0.39, 0.29) is 35.9 Å². The van der Waals surface area contributed by atoms with Gasteiger partial charge in [0, 0.05) is 40.9 Å². The number of carbonyl (C=O) groups excluding carboxylic acids is 1. The molecule has 5 unspecified atom stereocenters. The van der Waals surface area contributed by atoms with Gasteiger partial charge in [0.2, 0.25) is 0 Å². The van der Waals surface area contributed by atoms with Crippen LogP contribution in [0.4, 0.5) is 0 Å². The Labute approximate surface area is 146 Å². The fraction of sp³-hybridized carbons (Fsp3) is 0.938. The zero-order chi connectivity index (χ0) is 18.3. The molecule has 1 fully saturated rings. The van der Waals surface area contributed by atoms with Crippen LogP contribution >= 0.6 is 0 Å². The van der Waals surface area contributed by atoms with Gasteiger partial charge in [-0.05, 0) is 32.1 Å². The second-order valence-corrected chi connectivity index (χ2v) is 9.55. The molecule has 1 aliphatic rings. The minimum Gasteiger partial charge on any atom is -0.460 e. The molecule has 0 bridgehead atoms. The highest BCUT2D eigenvalue weighted by Gasteiger charge is 2.50. The van der Waals surface area contributed by atoms with Gasteiger partial charge >= 0.3 is 14.8 Å². The lowest BCUT2D eigenvalue weighted by molar-refractivity contribution is -0.197. The summed E-state index contributed by atoms with van der Waals surface area (Å²) in [6, 6.07) is 0. The van der Waals surface area contributed by atoms with Gasteiger partial charge in [0.15, 0.2) is 6.29 Å². The van der Waals surface area contributed by atoms with E-state index in [1.54, 1.807) is 28.4 Å². The van der Waals surface area contributed by atoms with Crippen LogP contribution < -0.4 is 0 Å². The maximum Gasteiger partial charge on any atom is 0.503 e. The van der Waals surface area contributed by atoms with Gasteiger partial charge in [0.1, 0.15) is 6.10 Å². The molecule has 0 aromatic carbocycles. The number of esters is 1. The molecular formula is C16H32O7Si. The number of hydrogen-bond donors (Lipinski definition) is 0. The summed E-state index contributed by atoms with van der Waals surface area (Å²) >= 11 is 0. The van der Waals surface area contributed by atoms with Crippen LogP contribution in [0.3, 0.4) is 0 Å². The largest absolute Gasteiger partial charge is 0.503 e. The second kappa shape index (κ2) is 9.84. The Balaban J connectivity index is 2.87. The van der Waals surface area contributed by atoms with Gasteiger partial charge < -0.3 is 27.5 Å². The van der Waals surface area contributed by atoms with Crippen LogP contribution in [0.25, 0.3) is 0 Å². The lowest BCUT2D eigenvalue weighted by Gasteiger charge is -2.41. The first-order chi connectivity index (χ1) is 11.3. The van der Waals surface area contributed by atoms with Crippen molar-refractivity contribution in [1.82, 2.24) is 0 Å². The minimum absolute atomic E-state index is 0.111. The van der Waals surface area contributed by atoms with Gasteiger partial charge in [-0.25, -0.2) is 0 Å². The summed E-state index contributed by atoms with van der Waals surface area (Å²) in [5.41, 5.74) is 0.111. The predicted octanol–water partition coefficient (Wildman–Crippen LogP) is 2.36. The molecule has 1 rings (SSSR count). The molecule has 0 aliphatic heterocycles. The maximum atomic E-state index is 11.4. The van der Waals surface area contributed by atoms with Crippen molar-refractivity contribution < 1.29 is 32.3 Å². The van der Waals surface area contributed by atoms with Crippen molar-refractivity contribution in [1.29, 1.82) is 0 Å². The van der Waals surface area contributed by atoms with E-state index in [0.717, 1.165) is 19.3 Å². The molecule has 1 aliphatic carbocycles. The molecule has 7 nitrogen and oxygen atoms in total. The third-order valence-corrected chi connectivity index (χ3v) is 8.20. The maximum absolute atomic E-state index is 11.4. The fourth-order valence-electron chi connectivity index (χ4n) is 3.48. The van der Waals surface area contributed by atoms with Crippen molar-refractivity contribution >= 4 is 14.8 Å². The second-order valence-electron chi connectivity index (χ2n) is 6.20. The Hall–Kier alpha value is -0.513. The van der Waals surface area contributed by atoms with Gasteiger partial charge in [-0.1, -0.05) is 6.92 Å². The fourth-order valence-corrected chi connectivity index (χ4v) is 5.97. The van der Waals surface area contributed by atoms with Crippen LogP contribution in [-0.4, -0.2) is 61.7 Å². The molecule has 0 radical (unpaired) electrons. The van der Waals surface area contributed by atoms with Gasteiger partial charge in [0.25, 0.3) is 0 Å². The van der Waals surface area contributed by atoms with Crippen LogP contribution in [0.1, 0.15) is 40.0 Å². The van der Waals surface area contributed by atoms with E-state index in [1.807, 2.05) is 6.92 Å². The molecule has 0 amide bonds. The molecule has 0 spiro atoms. The van der Waals surface area contributed by atoms with E-state index in [4.69, 9.17) is 27.5 Å². The van der Waals surface area contributed by atoms with E-state index in [2.05, 4.69) is 6.92 Å². The highest BCUT2D eigenvalue weighted by atomic mass is 28.4. The predicted molar refractivity (Wildman–Crippen MR) is 90.4 cm³/mol. The van der Waals surface area contributed by atoms with Crippen molar-refractivity contribution in [2.24, 2.45) is 5.92 Å². The summed E-state index contributed by atoms with van der Waals surface area (Å²) in [7, 11) is 3.73. The first-order valence-corrected chi connectivity index (χ1v) is 10.1. The molecule has 0 aromatic rings. The van der Waals surface area contributed by atoms with Crippen LogP contribution in [-0.2, 0) is 32.3 Å². The summed E-state index contributed by atoms with van der Waals surface area (Å²) in [6.07, 6.45) is 1.52. The molecule has 24 heavy (non-hydrogen) atoms. The van der Waals surface area contributed by atoms with Crippen molar-refractivity contribution in [2.45, 2.75) is 64.1 Å². The van der Waals surface area contributed by atoms with Gasteiger partial charge in [-0.3, -0.25) is 4.79 Å². The highest BCUT2D eigenvalue weighted by Crippen LogP contribution is 2.41. The molecule has 1 saturated carbocycles. The molecule has 0 aromatic heterocycles. The van der Waals surface area contributed by atoms with Crippen molar-refractivity contribution in [3.63, 3.8) is 0 Å². The Morgan fingerprint density at radius 2 is 1.58 bits per heavy atom. The summed E-state index contributed by atoms with van der Waals surface area (Å²) in [5.74, 6) is -0.00283. The third-order valence-electron chi connectivity index (χ3n) is 4.91. The third kappa shape index (κ3) is 5.24. The molecule has 5 atom stereocenters. The van der Waals surface area contributed by atoms with Crippen molar-refractivity contribution in [2.75, 3.05) is 28.4 Å². The van der Waals surface area contributed by atoms with Crippen LogP contribution in [0.2, 0.25) is 5.54 Å². The van der Waals surface area contributed by atoms with Crippen LogP contribution in [0.15, 0.2) is 0 Å². The summed E-state index contributed by atoms with van der Waals surface area (Å²) in [4.78, 5) is 11.4. The minimum atomic E-state index is -2.73.